The molecule has 23 heavy (non-hydrogen) atoms. The van der Waals surface area contributed by atoms with Crippen LogP contribution in [0.3, 0.4) is 0 Å². The minimum absolute atomic E-state index is 0.207. The number of aromatic nitrogens is 3. The first-order chi connectivity index (χ1) is 10.9. The fourth-order valence-electron chi connectivity index (χ4n) is 3.98. The molecule has 1 saturated heterocycles. The van der Waals surface area contributed by atoms with Crippen molar-refractivity contribution in [1.82, 2.24) is 19.1 Å². The maximum Gasteiger partial charge on any atom is 0.213 e. The van der Waals surface area contributed by atoms with Crippen molar-refractivity contribution in [2.75, 3.05) is 18.8 Å². The monoisotopic (exact) mass is 340 g/mol. The van der Waals surface area contributed by atoms with E-state index in [2.05, 4.69) is 28.6 Å². The van der Waals surface area contributed by atoms with Gasteiger partial charge in [-0.3, -0.25) is 0 Å². The molecule has 0 bridgehead atoms. The maximum atomic E-state index is 12.1. The molecule has 2 aliphatic rings. The lowest BCUT2D eigenvalue weighted by atomic mass is 9.73. The minimum Gasteiger partial charge on any atom is -0.315 e. The van der Waals surface area contributed by atoms with E-state index < -0.39 is 10.0 Å². The summed E-state index contributed by atoms with van der Waals surface area (Å²) in [7, 11) is -3.04. The second-order valence-electron chi connectivity index (χ2n) is 7.33. The number of piperidine rings is 1. The number of nitrogens with zero attached hydrogens (tertiary/aromatic N) is 4. The summed E-state index contributed by atoms with van der Waals surface area (Å²) in [6.07, 6.45) is 5.12. The summed E-state index contributed by atoms with van der Waals surface area (Å²) in [5.41, 5.74) is 0.273. The zero-order valence-corrected chi connectivity index (χ0v) is 15.3. The van der Waals surface area contributed by atoms with Crippen LogP contribution in [-0.2, 0) is 23.0 Å². The molecule has 1 fully saturated rings. The van der Waals surface area contributed by atoms with Gasteiger partial charge in [0.25, 0.3) is 0 Å². The fourth-order valence-corrected chi connectivity index (χ4v) is 5.08. The molecule has 1 aromatic heterocycles. The average Bonchev–Trinajstić information content (AvgIpc) is 2.87. The molecule has 0 saturated carbocycles. The van der Waals surface area contributed by atoms with Gasteiger partial charge in [0.05, 0.1) is 5.75 Å². The third-order valence-corrected chi connectivity index (χ3v) is 7.54. The molecule has 2 aliphatic heterocycles. The molecule has 1 aromatic rings. The van der Waals surface area contributed by atoms with E-state index in [0.717, 1.165) is 50.3 Å². The number of sulfonamides is 1. The van der Waals surface area contributed by atoms with Gasteiger partial charge in [-0.25, -0.2) is 12.7 Å². The van der Waals surface area contributed by atoms with Crippen LogP contribution in [-0.4, -0.2) is 46.3 Å². The molecule has 0 atom stereocenters. The Balaban J connectivity index is 1.71. The lowest BCUT2D eigenvalue weighted by Gasteiger charge is -2.40. The van der Waals surface area contributed by atoms with Crippen LogP contribution in [0.5, 0.6) is 0 Å². The Morgan fingerprint density at radius 3 is 2.35 bits per heavy atom. The van der Waals surface area contributed by atoms with E-state index in [0.29, 0.717) is 19.0 Å². The first-order valence-electron chi connectivity index (χ1n) is 8.77. The predicted molar refractivity (Wildman–Crippen MR) is 89.7 cm³/mol. The summed E-state index contributed by atoms with van der Waals surface area (Å²) in [5, 5.41) is 8.74. The van der Waals surface area contributed by atoms with Crippen LogP contribution in [0.1, 0.15) is 64.0 Å². The minimum atomic E-state index is -3.04. The van der Waals surface area contributed by atoms with E-state index in [1.165, 1.54) is 0 Å². The van der Waals surface area contributed by atoms with Gasteiger partial charge in [0.1, 0.15) is 11.6 Å². The van der Waals surface area contributed by atoms with Crippen molar-refractivity contribution in [3.63, 3.8) is 0 Å². The normalized spacial score (nSPS) is 22.3. The van der Waals surface area contributed by atoms with E-state index in [4.69, 9.17) is 0 Å². The molecule has 1 spiro atoms. The first-order valence-corrected chi connectivity index (χ1v) is 10.4. The zero-order chi connectivity index (χ0) is 16.7. The van der Waals surface area contributed by atoms with Gasteiger partial charge in [0.2, 0.25) is 10.0 Å². The summed E-state index contributed by atoms with van der Waals surface area (Å²) in [4.78, 5) is 0. The molecule has 0 aliphatic carbocycles. The van der Waals surface area contributed by atoms with Crippen molar-refractivity contribution >= 4 is 10.0 Å². The van der Waals surface area contributed by atoms with Crippen molar-refractivity contribution in [2.45, 2.75) is 65.3 Å². The summed E-state index contributed by atoms with van der Waals surface area (Å²) in [6, 6.07) is 0. The van der Waals surface area contributed by atoms with Crippen LogP contribution in [0.4, 0.5) is 0 Å². The Morgan fingerprint density at radius 1 is 1.09 bits per heavy atom. The number of hydrogen-bond acceptors (Lipinski definition) is 4. The van der Waals surface area contributed by atoms with Crippen LogP contribution in [0.25, 0.3) is 0 Å². The molecule has 0 radical (unpaired) electrons. The molecule has 130 valence electrons. The molecule has 0 amide bonds. The van der Waals surface area contributed by atoms with Crippen molar-refractivity contribution in [3.05, 3.63) is 11.6 Å². The van der Waals surface area contributed by atoms with Crippen LogP contribution in [0.15, 0.2) is 0 Å². The van der Waals surface area contributed by atoms with E-state index in [1.807, 2.05) is 0 Å². The molecule has 7 heteroatoms. The van der Waals surface area contributed by atoms with Crippen molar-refractivity contribution in [1.29, 1.82) is 0 Å². The van der Waals surface area contributed by atoms with Gasteiger partial charge >= 0.3 is 0 Å². The van der Waals surface area contributed by atoms with Crippen molar-refractivity contribution in [2.24, 2.45) is 5.41 Å². The highest BCUT2D eigenvalue weighted by Gasteiger charge is 2.39. The number of aryl methyl sites for hydroxylation is 1. The van der Waals surface area contributed by atoms with Crippen LogP contribution in [0, 0.1) is 5.41 Å². The van der Waals surface area contributed by atoms with Crippen LogP contribution >= 0.6 is 0 Å². The average molecular weight is 340 g/mol. The summed E-state index contributed by atoms with van der Waals surface area (Å²) < 4.78 is 28.1. The molecule has 6 nitrogen and oxygen atoms in total. The van der Waals surface area contributed by atoms with Gasteiger partial charge in [0.15, 0.2) is 0 Å². The zero-order valence-electron chi connectivity index (χ0n) is 14.5. The Labute approximate surface area is 139 Å². The predicted octanol–water partition coefficient (Wildman–Crippen LogP) is 2.17. The Morgan fingerprint density at radius 2 is 1.74 bits per heavy atom. The van der Waals surface area contributed by atoms with E-state index in [-0.39, 0.29) is 11.2 Å². The van der Waals surface area contributed by atoms with Gasteiger partial charge in [0, 0.05) is 32.0 Å². The number of hydrogen-bond donors (Lipinski definition) is 0. The van der Waals surface area contributed by atoms with E-state index in [1.54, 1.807) is 11.2 Å². The highest BCUT2D eigenvalue weighted by molar-refractivity contribution is 7.89. The van der Waals surface area contributed by atoms with Gasteiger partial charge in [-0.05, 0) is 38.0 Å². The largest absolute Gasteiger partial charge is 0.315 e. The van der Waals surface area contributed by atoms with E-state index >= 15 is 0 Å². The summed E-state index contributed by atoms with van der Waals surface area (Å²) in [5.74, 6) is 2.79. The van der Waals surface area contributed by atoms with Gasteiger partial charge < -0.3 is 4.57 Å². The van der Waals surface area contributed by atoms with E-state index in [9.17, 15) is 8.42 Å². The third kappa shape index (κ3) is 3.18. The van der Waals surface area contributed by atoms with Gasteiger partial charge in [-0.2, -0.15) is 0 Å². The Hall–Kier alpha value is -0.950. The maximum absolute atomic E-state index is 12.1. The van der Waals surface area contributed by atoms with Crippen molar-refractivity contribution in [3.8, 4) is 0 Å². The second kappa shape index (κ2) is 6.16. The first kappa shape index (κ1) is 16.9. The molecule has 0 aromatic carbocycles. The fraction of sp³-hybridized carbons (Fsp3) is 0.875. The molecular formula is C16H28N4O2S. The quantitative estimate of drug-likeness (QED) is 0.846. The number of fused-ring (bicyclic) bond motifs is 1. The Kier molecular flexibility index (Phi) is 4.53. The van der Waals surface area contributed by atoms with Gasteiger partial charge in [-0.15, -0.1) is 10.2 Å². The number of rotatable bonds is 3. The standard InChI is InChI=1S/C16H28N4O2S/c1-4-23(21,22)19-10-7-16(8-11-19)6-5-14-17-18-15(13(2)3)20(14)12-9-16/h13H,4-12H2,1-3H3. The smallest absolute Gasteiger partial charge is 0.213 e. The van der Waals surface area contributed by atoms with Crippen LogP contribution in [0.2, 0.25) is 0 Å². The van der Waals surface area contributed by atoms with Gasteiger partial charge in [-0.1, -0.05) is 13.8 Å². The highest BCUT2D eigenvalue weighted by Crippen LogP contribution is 2.42. The SMILES string of the molecule is CCS(=O)(=O)N1CCC2(CCc3nnc(C(C)C)n3CC2)CC1. The molecular weight excluding hydrogens is 312 g/mol. The molecule has 0 unspecified atom stereocenters. The summed E-state index contributed by atoms with van der Waals surface area (Å²) >= 11 is 0. The lowest BCUT2D eigenvalue weighted by Crippen LogP contribution is -2.44. The topological polar surface area (TPSA) is 68.1 Å². The molecule has 3 heterocycles. The second-order valence-corrected chi connectivity index (χ2v) is 9.59. The lowest BCUT2D eigenvalue weighted by molar-refractivity contribution is 0.129. The third-order valence-electron chi connectivity index (χ3n) is 5.66. The van der Waals surface area contributed by atoms with Crippen molar-refractivity contribution < 1.29 is 8.42 Å². The molecule has 0 N–H and O–H groups in total. The van der Waals surface area contributed by atoms with Crippen LogP contribution < -0.4 is 0 Å². The highest BCUT2D eigenvalue weighted by atomic mass is 32.2. The summed E-state index contributed by atoms with van der Waals surface area (Å²) in [6.45, 7) is 8.36. The molecule has 3 rings (SSSR count). The Bertz CT molecular complexity index is 658.